The van der Waals surface area contributed by atoms with Gasteiger partial charge in [0, 0.05) is 39.1 Å². The van der Waals surface area contributed by atoms with E-state index in [4.69, 9.17) is 4.74 Å². The Bertz CT molecular complexity index is 752. The van der Waals surface area contributed by atoms with E-state index in [-0.39, 0.29) is 17.6 Å². The number of rotatable bonds is 6. The van der Waals surface area contributed by atoms with Gasteiger partial charge in [-0.15, -0.1) is 0 Å². The highest BCUT2D eigenvalue weighted by molar-refractivity contribution is 7.82. The van der Waals surface area contributed by atoms with E-state index in [0.29, 0.717) is 12.2 Å². The summed E-state index contributed by atoms with van der Waals surface area (Å²) in [6.45, 7) is 4.68. The fraction of sp³-hybridized carbons (Fsp3) is 0.471. The molecule has 0 radical (unpaired) electrons. The van der Waals surface area contributed by atoms with Crippen molar-refractivity contribution >= 4 is 22.2 Å². The lowest BCUT2D eigenvalue weighted by Gasteiger charge is -2.28. The second-order valence-corrected chi connectivity index (χ2v) is 6.99. The molecule has 2 rings (SSSR count). The molecule has 1 heterocycles. The van der Waals surface area contributed by atoms with E-state index in [0.717, 1.165) is 16.8 Å². The molecule has 132 valence electrons. The first-order valence-electron chi connectivity index (χ1n) is 7.88. The molecule has 6 nitrogen and oxygen atoms in total. The Morgan fingerprint density at radius 2 is 2.12 bits per heavy atom. The molecule has 0 fully saturated rings. The van der Waals surface area contributed by atoms with Crippen molar-refractivity contribution in [3.8, 4) is 0 Å². The third kappa shape index (κ3) is 3.96. The molecule has 0 aromatic carbocycles. The lowest BCUT2D eigenvalue weighted by Crippen LogP contribution is -2.33. The Hall–Kier alpha value is -1.86. The van der Waals surface area contributed by atoms with Gasteiger partial charge in [-0.05, 0) is 30.2 Å². The maximum absolute atomic E-state index is 12.2. The molecule has 1 aliphatic carbocycles. The highest BCUT2D eigenvalue weighted by Crippen LogP contribution is 2.30. The van der Waals surface area contributed by atoms with Gasteiger partial charge in [0.1, 0.15) is 22.8 Å². The van der Waals surface area contributed by atoms with Gasteiger partial charge in [-0.3, -0.25) is 4.79 Å². The van der Waals surface area contributed by atoms with Gasteiger partial charge in [-0.25, -0.2) is 4.21 Å². The predicted octanol–water partition coefficient (Wildman–Crippen LogP) is 1.63. The average molecular weight is 351 g/mol. The summed E-state index contributed by atoms with van der Waals surface area (Å²) in [5, 5.41) is 3.10. The van der Waals surface area contributed by atoms with Crippen molar-refractivity contribution in [3.05, 3.63) is 46.0 Å². The van der Waals surface area contributed by atoms with Crippen molar-refractivity contribution in [2.45, 2.75) is 20.0 Å². The zero-order chi connectivity index (χ0) is 17.9. The van der Waals surface area contributed by atoms with Gasteiger partial charge < -0.3 is 19.3 Å². The zero-order valence-corrected chi connectivity index (χ0v) is 15.6. The highest BCUT2D eigenvalue weighted by Gasteiger charge is 2.25. The van der Waals surface area contributed by atoms with Crippen LogP contribution >= 0.6 is 0 Å². The number of nitrogens with one attached hydrogen (secondary N) is 2. The normalized spacial score (nSPS) is 21.7. The van der Waals surface area contributed by atoms with Crippen LogP contribution in [0, 0.1) is 5.92 Å². The summed E-state index contributed by atoms with van der Waals surface area (Å²) in [6, 6.07) is 1.86. The predicted molar refractivity (Wildman–Crippen MR) is 99.1 cm³/mol. The van der Waals surface area contributed by atoms with E-state index in [1.807, 2.05) is 25.3 Å². The number of hydrogen-bond donors (Lipinski definition) is 2. The van der Waals surface area contributed by atoms with E-state index < -0.39 is 11.0 Å². The topological polar surface area (TPSA) is 72.4 Å². The Balaban J connectivity index is 2.49. The Labute approximate surface area is 145 Å². The van der Waals surface area contributed by atoms with Gasteiger partial charge >= 0.3 is 0 Å². The number of pyridine rings is 1. The van der Waals surface area contributed by atoms with Crippen LogP contribution in [0.3, 0.4) is 0 Å². The number of hydrogen-bond acceptors (Lipinski definition) is 4. The van der Waals surface area contributed by atoms with Crippen molar-refractivity contribution < 1.29 is 8.95 Å². The summed E-state index contributed by atoms with van der Waals surface area (Å²) in [5.74, 6) is 0.112. The largest absolute Gasteiger partial charge is 0.381 e. The molecule has 3 unspecified atom stereocenters. The van der Waals surface area contributed by atoms with E-state index in [9.17, 15) is 9.00 Å². The van der Waals surface area contributed by atoms with E-state index in [1.54, 1.807) is 25.0 Å². The van der Waals surface area contributed by atoms with Crippen molar-refractivity contribution in [3.63, 3.8) is 0 Å². The minimum atomic E-state index is -1.18. The molecule has 0 amide bonds. The maximum Gasteiger partial charge on any atom is 0.273 e. The minimum absolute atomic E-state index is 0.0585. The molecule has 24 heavy (non-hydrogen) atoms. The molecule has 0 bridgehead atoms. The molecular formula is C17H25N3O3S. The number of anilines is 1. The fourth-order valence-corrected chi connectivity index (χ4v) is 3.42. The van der Waals surface area contributed by atoms with Crippen molar-refractivity contribution in [1.82, 2.24) is 9.29 Å². The second kappa shape index (κ2) is 7.81. The smallest absolute Gasteiger partial charge is 0.273 e. The first kappa shape index (κ1) is 18.5. The van der Waals surface area contributed by atoms with Crippen molar-refractivity contribution in [2.24, 2.45) is 13.0 Å². The molecule has 0 saturated carbocycles. The van der Waals surface area contributed by atoms with Crippen LogP contribution in [0.15, 0.2) is 34.9 Å². The van der Waals surface area contributed by atoms with Crippen LogP contribution in [0.25, 0.3) is 5.57 Å². The lowest BCUT2D eigenvalue weighted by atomic mass is 9.90. The molecule has 1 aromatic heterocycles. The number of nitrogens with zero attached hydrogens (tertiary/aromatic N) is 1. The molecule has 0 spiro atoms. The van der Waals surface area contributed by atoms with Gasteiger partial charge in [0.2, 0.25) is 0 Å². The number of methoxy groups -OCH3 is 1. The van der Waals surface area contributed by atoms with E-state index in [2.05, 4.69) is 23.0 Å². The lowest BCUT2D eigenvalue weighted by molar-refractivity contribution is 0.0994. The zero-order valence-electron chi connectivity index (χ0n) is 14.8. The minimum Gasteiger partial charge on any atom is -0.381 e. The Morgan fingerprint density at radius 1 is 1.42 bits per heavy atom. The standard InChI is InChI=1S/C17H25N3O3S/c1-6-18-15-9-13(10-20(3)17(15)21)12-7-11(2)16(23-4)14(8-12)19-24(5)22/h7-11,16,18-19H,6H2,1-5H3. The van der Waals surface area contributed by atoms with Crippen LogP contribution in [0.1, 0.15) is 19.4 Å². The van der Waals surface area contributed by atoms with Gasteiger partial charge in [0.25, 0.3) is 5.56 Å². The monoisotopic (exact) mass is 351 g/mol. The second-order valence-electron chi connectivity index (χ2n) is 5.88. The summed E-state index contributed by atoms with van der Waals surface area (Å²) in [5.41, 5.74) is 3.19. The number of ether oxygens (including phenoxy) is 1. The highest BCUT2D eigenvalue weighted by atomic mass is 32.2. The summed E-state index contributed by atoms with van der Waals surface area (Å²) >= 11 is 0. The SMILES string of the molecule is CCNc1cc(C2=CC(C)C(OC)C(NS(C)=O)=C2)cn(C)c1=O. The number of allylic oxidation sites excluding steroid dienone is 2. The molecular weight excluding hydrogens is 326 g/mol. The van der Waals surface area contributed by atoms with Crippen LogP contribution in [-0.4, -0.2) is 34.8 Å². The first-order chi connectivity index (χ1) is 11.4. The van der Waals surface area contributed by atoms with Gasteiger partial charge in [0.05, 0.1) is 5.70 Å². The summed E-state index contributed by atoms with van der Waals surface area (Å²) in [6.07, 6.45) is 7.27. The quantitative estimate of drug-likeness (QED) is 0.817. The molecule has 0 saturated heterocycles. The maximum atomic E-state index is 12.2. The van der Waals surface area contributed by atoms with Crippen LogP contribution in [0.2, 0.25) is 0 Å². The number of aryl methyl sites for hydroxylation is 1. The van der Waals surface area contributed by atoms with Crippen molar-refractivity contribution in [1.29, 1.82) is 0 Å². The van der Waals surface area contributed by atoms with Gasteiger partial charge in [-0.2, -0.15) is 0 Å². The summed E-state index contributed by atoms with van der Waals surface area (Å²) in [4.78, 5) is 12.2. The summed E-state index contributed by atoms with van der Waals surface area (Å²) in [7, 11) is 2.20. The number of aromatic nitrogens is 1. The van der Waals surface area contributed by atoms with Crippen LogP contribution in [0.4, 0.5) is 5.69 Å². The van der Waals surface area contributed by atoms with Crippen LogP contribution in [0.5, 0.6) is 0 Å². The van der Waals surface area contributed by atoms with Gasteiger partial charge in [-0.1, -0.05) is 13.0 Å². The Morgan fingerprint density at radius 3 is 2.71 bits per heavy atom. The van der Waals surface area contributed by atoms with Crippen LogP contribution in [-0.2, 0) is 22.8 Å². The molecule has 7 heteroatoms. The average Bonchev–Trinajstić information content (AvgIpc) is 2.51. The van der Waals surface area contributed by atoms with Crippen molar-refractivity contribution in [2.75, 3.05) is 25.2 Å². The molecule has 1 aromatic rings. The molecule has 2 N–H and O–H groups in total. The molecule has 3 atom stereocenters. The van der Waals surface area contributed by atoms with E-state index >= 15 is 0 Å². The first-order valence-corrected chi connectivity index (χ1v) is 9.44. The third-order valence-corrected chi connectivity index (χ3v) is 4.46. The third-order valence-electron chi connectivity index (χ3n) is 3.94. The van der Waals surface area contributed by atoms with E-state index in [1.165, 1.54) is 0 Å². The Kier molecular flexibility index (Phi) is 6.01. The van der Waals surface area contributed by atoms with Crippen LogP contribution < -0.4 is 15.6 Å². The molecule has 0 aliphatic heterocycles. The van der Waals surface area contributed by atoms with Gasteiger partial charge in [0.15, 0.2) is 0 Å². The molecule has 1 aliphatic rings. The summed E-state index contributed by atoms with van der Waals surface area (Å²) < 4.78 is 21.7. The fourth-order valence-electron chi connectivity index (χ4n) is 2.91.